The third-order valence-corrected chi connectivity index (χ3v) is 5.00. The second-order valence-electron chi connectivity index (χ2n) is 5.27. The Morgan fingerprint density at radius 2 is 1.74 bits per heavy atom. The Morgan fingerprint density at radius 3 is 2.30 bits per heavy atom. The third-order valence-electron chi connectivity index (χ3n) is 3.42. The summed E-state index contributed by atoms with van der Waals surface area (Å²) in [4.78, 5) is 0.0595. The van der Waals surface area contributed by atoms with Gasteiger partial charge in [0.2, 0.25) is 10.0 Å². The molecule has 0 aliphatic heterocycles. The summed E-state index contributed by atoms with van der Waals surface area (Å²) in [6, 6.07) is 7.97. The Morgan fingerprint density at radius 1 is 1.13 bits per heavy atom. The zero-order valence-corrected chi connectivity index (χ0v) is 13.5. The van der Waals surface area contributed by atoms with Crippen LogP contribution in [0.3, 0.4) is 0 Å². The van der Waals surface area contributed by atoms with Gasteiger partial charge in [0, 0.05) is 6.54 Å². The van der Waals surface area contributed by atoms with Crippen molar-refractivity contribution < 1.29 is 22.3 Å². The topological polar surface area (TPSA) is 66.4 Å². The second-order valence-corrected chi connectivity index (χ2v) is 7.01. The molecule has 2 N–H and O–H groups in total. The molecule has 0 amide bonds. The number of sulfonamides is 1. The fraction of sp³-hybridized carbons (Fsp3) is 0.250. The van der Waals surface area contributed by atoms with Crippen LogP contribution in [0.1, 0.15) is 22.8 Å². The van der Waals surface area contributed by atoms with Crippen LogP contribution in [0.2, 0.25) is 0 Å². The number of aryl methyl sites for hydroxylation is 2. The molecule has 0 bridgehead atoms. The molecule has 0 fully saturated rings. The first-order valence-corrected chi connectivity index (χ1v) is 8.39. The highest BCUT2D eigenvalue weighted by atomic mass is 32.2. The first-order chi connectivity index (χ1) is 10.7. The number of hydrogen-bond acceptors (Lipinski definition) is 3. The van der Waals surface area contributed by atoms with E-state index in [1.54, 1.807) is 19.1 Å². The molecule has 2 rings (SSSR count). The number of rotatable bonds is 5. The van der Waals surface area contributed by atoms with E-state index in [1.807, 2.05) is 6.92 Å². The van der Waals surface area contributed by atoms with Crippen molar-refractivity contribution in [2.24, 2.45) is 0 Å². The minimum atomic E-state index is -3.89. The minimum absolute atomic E-state index is 0.0595. The van der Waals surface area contributed by atoms with Gasteiger partial charge in [-0.05, 0) is 37.6 Å². The van der Waals surface area contributed by atoms with Crippen molar-refractivity contribution in [1.29, 1.82) is 0 Å². The van der Waals surface area contributed by atoms with E-state index in [0.717, 1.165) is 17.7 Å². The molecule has 4 nitrogen and oxygen atoms in total. The molecule has 0 saturated heterocycles. The lowest BCUT2D eigenvalue weighted by molar-refractivity contribution is 0.172. The third kappa shape index (κ3) is 3.93. The van der Waals surface area contributed by atoms with Crippen LogP contribution in [-0.2, 0) is 10.0 Å². The normalized spacial score (nSPS) is 13.1. The number of halogens is 2. The van der Waals surface area contributed by atoms with Gasteiger partial charge in [-0.25, -0.2) is 21.9 Å². The van der Waals surface area contributed by atoms with E-state index >= 15 is 0 Å². The number of aliphatic hydroxyl groups is 1. The van der Waals surface area contributed by atoms with Crippen LogP contribution in [0.25, 0.3) is 0 Å². The molecule has 0 spiro atoms. The van der Waals surface area contributed by atoms with Gasteiger partial charge in [0.15, 0.2) is 0 Å². The molecule has 2 aromatic carbocycles. The molecule has 23 heavy (non-hydrogen) atoms. The van der Waals surface area contributed by atoms with Gasteiger partial charge in [-0.2, -0.15) is 0 Å². The van der Waals surface area contributed by atoms with Crippen LogP contribution in [0, 0.1) is 25.5 Å². The van der Waals surface area contributed by atoms with Gasteiger partial charge in [-0.1, -0.05) is 23.8 Å². The molecule has 0 aliphatic carbocycles. The van der Waals surface area contributed by atoms with Crippen molar-refractivity contribution in [2.75, 3.05) is 6.54 Å². The molecule has 124 valence electrons. The minimum Gasteiger partial charge on any atom is -0.387 e. The lowest BCUT2D eigenvalue weighted by Gasteiger charge is -2.15. The van der Waals surface area contributed by atoms with Crippen molar-refractivity contribution in [3.8, 4) is 0 Å². The summed E-state index contributed by atoms with van der Waals surface area (Å²) in [5.74, 6) is -1.86. The maximum atomic E-state index is 13.6. The van der Waals surface area contributed by atoms with Crippen molar-refractivity contribution in [2.45, 2.75) is 24.8 Å². The predicted octanol–water partition coefficient (Wildman–Crippen LogP) is 2.59. The predicted molar refractivity (Wildman–Crippen MR) is 82.4 cm³/mol. The Bertz CT molecular complexity index is 802. The van der Waals surface area contributed by atoms with Gasteiger partial charge < -0.3 is 5.11 Å². The number of hydrogen-bond donors (Lipinski definition) is 2. The monoisotopic (exact) mass is 341 g/mol. The Labute approximate surface area is 133 Å². The molecule has 0 aromatic heterocycles. The van der Waals surface area contributed by atoms with Gasteiger partial charge in [0.25, 0.3) is 0 Å². The van der Waals surface area contributed by atoms with E-state index in [0.29, 0.717) is 5.56 Å². The van der Waals surface area contributed by atoms with Gasteiger partial charge in [-0.3, -0.25) is 0 Å². The number of aliphatic hydroxyl groups excluding tert-OH is 1. The number of benzene rings is 2. The fourth-order valence-electron chi connectivity index (χ4n) is 2.30. The molecule has 1 atom stereocenters. The molecular formula is C16H17F2NO3S. The smallest absolute Gasteiger partial charge is 0.240 e. The Balaban J connectivity index is 2.19. The summed E-state index contributed by atoms with van der Waals surface area (Å²) in [5, 5.41) is 9.90. The first kappa shape index (κ1) is 17.5. The average Bonchev–Trinajstić information content (AvgIpc) is 2.44. The second kappa shape index (κ2) is 6.74. The van der Waals surface area contributed by atoms with Crippen LogP contribution in [-0.4, -0.2) is 20.1 Å². The largest absolute Gasteiger partial charge is 0.387 e. The van der Waals surface area contributed by atoms with E-state index in [4.69, 9.17) is 0 Å². The summed E-state index contributed by atoms with van der Waals surface area (Å²) >= 11 is 0. The molecule has 0 radical (unpaired) electrons. The molecule has 0 aliphatic rings. The standard InChI is InChI=1S/C16H17F2NO3S/c1-10-6-7-15(11(2)8-10)23(21,22)19-9-14(20)16-12(17)4-3-5-13(16)18/h3-8,14,19-20H,9H2,1-2H3. The van der Waals surface area contributed by atoms with Crippen LogP contribution >= 0.6 is 0 Å². The molecule has 0 heterocycles. The van der Waals surface area contributed by atoms with Crippen LogP contribution < -0.4 is 4.72 Å². The van der Waals surface area contributed by atoms with Crippen molar-refractivity contribution >= 4 is 10.0 Å². The maximum Gasteiger partial charge on any atom is 0.240 e. The average molecular weight is 341 g/mol. The van der Waals surface area contributed by atoms with Crippen LogP contribution in [0.5, 0.6) is 0 Å². The summed E-state index contributed by atoms with van der Waals surface area (Å²) < 4.78 is 53.8. The molecule has 1 unspecified atom stereocenters. The summed E-state index contributed by atoms with van der Waals surface area (Å²) in [7, 11) is -3.89. The van der Waals surface area contributed by atoms with Crippen LogP contribution in [0.15, 0.2) is 41.3 Å². The summed E-state index contributed by atoms with van der Waals surface area (Å²) in [5.41, 5.74) is 0.898. The van der Waals surface area contributed by atoms with Gasteiger partial charge in [-0.15, -0.1) is 0 Å². The van der Waals surface area contributed by atoms with Gasteiger partial charge in [0.05, 0.1) is 16.6 Å². The maximum absolute atomic E-state index is 13.6. The highest BCUT2D eigenvalue weighted by molar-refractivity contribution is 7.89. The van der Waals surface area contributed by atoms with E-state index < -0.39 is 39.9 Å². The van der Waals surface area contributed by atoms with Gasteiger partial charge >= 0.3 is 0 Å². The quantitative estimate of drug-likeness (QED) is 0.878. The zero-order valence-electron chi connectivity index (χ0n) is 12.7. The lowest BCUT2D eigenvalue weighted by Crippen LogP contribution is -2.29. The summed E-state index contributed by atoms with van der Waals surface area (Å²) in [6.45, 7) is 2.95. The highest BCUT2D eigenvalue weighted by Gasteiger charge is 2.22. The van der Waals surface area contributed by atoms with Crippen molar-refractivity contribution in [3.05, 3.63) is 64.7 Å². The lowest BCUT2D eigenvalue weighted by atomic mass is 10.1. The first-order valence-electron chi connectivity index (χ1n) is 6.91. The Kier molecular flexibility index (Phi) is 5.13. The van der Waals surface area contributed by atoms with E-state index in [1.165, 1.54) is 12.1 Å². The molecule has 2 aromatic rings. The molecule has 0 saturated carbocycles. The summed E-state index contributed by atoms with van der Waals surface area (Å²) in [6.07, 6.45) is -1.63. The SMILES string of the molecule is Cc1ccc(S(=O)(=O)NCC(O)c2c(F)cccc2F)c(C)c1. The van der Waals surface area contributed by atoms with E-state index in [-0.39, 0.29) is 4.90 Å². The van der Waals surface area contributed by atoms with E-state index in [9.17, 15) is 22.3 Å². The highest BCUT2D eigenvalue weighted by Crippen LogP contribution is 2.21. The molecular weight excluding hydrogens is 324 g/mol. The Hall–Kier alpha value is -1.83. The van der Waals surface area contributed by atoms with Gasteiger partial charge in [0.1, 0.15) is 11.6 Å². The zero-order chi connectivity index (χ0) is 17.2. The van der Waals surface area contributed by atoms with Crippen molar-refractivity contribution in [3.63, 3.8) is 0 Å². The fourth-order valence-corrected chi connectivity index (χ4v) is 3.56. The van der Waals surface area contributed by atoms with Crippen molar-refractivity contribution in [1.82, 2.24) is 4.72 Å². The number of nitrogens with one attached hydrogen (secondary N) is 1. The van der Waals surface area contributed by atoms with Crippen LogP contribution in [0.4, 0.5) is 8.78 Å². The molecule has 7 heteroatoms. The van der Waals surface area contributed by atoms with E-state index in [2.05, 4.69) is 4.72 Å².